The first-order valence-corrected chi connectivity index (χ1v) is 8.74. The minimum Gasteiger partial charge on any atom is -0.755 e. The standard InChI is InChI=1S/C10H11N3O6S3/c14-20(15)11-8-5-6-3-1-2-4-7(6)9(12-21(16)17)10(8)13-22(18)19/h1-5,11-13H,(H,14,15)(H,16,17)(H,18,19)/p-3. The van der Waals surface area contributed by atoms with E-state index >= 15 is 0 Å². The monoisotopic (exact) mass is 362 g/mol. The van der Waals surface area contributed by atoms with Gasteiger partial charge in [-0.05, 0) is 11.5 Å². The highest BCUT2D eigenvalue weighted by molar-refractivity contribution is 7.81. The van der Waals surface area contributed by atoms with E-state index in [1.807, 2.05) is 9.44 Å². The van der Waals surface area contributed by atoms with Crippen molar-refractivity contribution in [2.75, 3.05) is 14.2 Å². The molecule has 0 amide bonds. The zero-order valence-corrected chi connectivity index (χ0v) is 13.0. The summed E-state index contributed by atoms with van der Waals surface area (Å²) < 4.78 is 71.5. The molecule has 0 aromatic heterocycles. The van der Waals surface area contributed by atoms with E-state index in [1.54, 1.807) is 24.3 Å². The highest BCUT2D eigenvalue weighted by Gasteiger charge is 2.14. The molecule has 0 aliphatic carbocycles. The Bertz CT molecular complexity index is 784. The second-order valence-corrected chi connectivity index (χ2v) is 5.93. The Kier molecular flexibility index (Phi) is 5.44. The Hall–Kier alpha value is -1.57. The number of hydrogen-bond acceptors (Lipinski definition) is 6. The van der Waals surface area contributed by atoms with Gasteiger partial charge in [-0.25, -0.2) is 0 Å². The van der Waals surface area contributed by atoms with Crippen molar-refractivity contribution < 1.29 is 26.3 Å². The van der Waals surface area contributed by atoms with Crippen LogP contribution in [-0.2, 0) is 33.8 Å². The molecular weight excluding hydrogens is 354 g/mol. The summed E-state index contributed by atoms with van der Waals surface area (Å²) in [6.07, 6.45) is 0. The molecule has 0 heterocycles. The number of nitrogens with one attached hydrogen (secondary N) is 3. The van der Waals surface area contributed by atoms with Crippen LogP contribution in [0.15, 0.2) is 30.3 Å². The van der Waals surface area contributed by atoms with Crippen molar-refractivity contribution in [3.63, 3.8) is 0 Å². The van der Waals surface area contributed by atoms with Gasteiger partial charge in [-0.1, -0.05) is 24.3 Å². The number of benzene rings is 2. The number of fused-ring (bicyclic) bond motifs is 1. The van der Waals surface area contributed by atoms with E-state index in [0.29, 0.717) is 10.8 Å². The lowest BCUT2D eigenvalue weighted by atomic mass is 10.1. The molecule has 0 spiro atoms. The predicted octanol–water partition coefficient (Wildman–Crippen LogP) is 0.458. The van der Waals surface area contributed by atoms with Gasteiger partial charge in [0.15, 0.2) is 0 Å². The molecule has 2 aromatic carbocycles. The Morgan fingerprint density at radius 1 is 0.773 bits per heavy atom. The van der Waals surface area contributed by atoms with Crippen molar-refractivity contribution in [1.29, 1.82) is 0 Å². The molecule has 0 aliphatic rings. The van der Waals surface area contributed by atoms with Gasteiger partial charge in [0, 0.05) is 39.2 Å². The summed E-state index contributed by atoms with van der Waals surface area (Å²) in [5, 5.41) is 0.896. The summed E-state index contributed by atoms with van der Waals surface area (Å²) in [5.74, 6) is 0. The van der Waals surface area contributed by atoms with Crippen LogP contribution in [0.2, 0.25) is 0 Å². The Labute approximate surface area is 132 Å². The summed E-state index contributed by atoms with van der Waals surface area (Å²) in [7, 11) is 0. The molecule has 0 fully saturated rings. The smallest absolute Gasteiger partial charge is 0.0945 e. The molecule has 0 bridgehead atoms. The lowest BCUT2D eigenvalue weighted by Crippen LogP contribution is -2.13. The zero-order chi connectivity index (χ0) is 16.3. The van der Waals surface area contributed by atoms with Gasteiger partial charge in [0.2, 0.25) is 0 Å². The second kappa shape index (κ2) is 7.13. The van der Waals surface area contributed by atoms with Crippen LogP contribution in [0, 0.1) is 0 Å². The molecule has 0 aliphatic heterocycles. The van der Waals surface area contributed by atoms with Gasteiger partial charge < -0.3 is 27.8 Å². The van der Waals surface area contributed by atoms with Crippen molar-refractivity contribution in [3.05, 3.63) is 30.3 Å². The van der Waals surface area contributed by atoms with Crippen LogP contribution in [-0.4, -0.2) is 26.3 Å². The molecule has 3 unspecified atom stereocenters. The Morgan fingerprint density at radius 3 is 1.91 bits per heavy atom. The zero-order valence-electron chi connectivity index (χ0n) is 10.6. The van der Waals surface area contributed by atoms with Crippen molar-refractivity contribution in [1.82, 2.24) is 0 Å². The van der Waals surface area contributed by atoms with E-state index in [0.717, 1.165) is 0 Å². The summed E-state index contributed by atoms with van der Waals surface area (Å²) >= 11 is -8.26. The van der Waals surface area contributed by atoms with Gasteiger partial charge in [0.1, 0.15) is 0 Å². The third kappa shape index (κ3) is 4.00. The fourth-order valence-electron chi connectivity index (χ4n) is 1.90. The fraction of sp³-hybridized carbons (Fsp3) is 0. The highest BCUT2D eigenvalue weighted by atomic mass is 32.2. The normalized spacial score (nSPS) is 15.0. The maximum atomic E-state index is 10.9. The topological polar surface area (TPSA) is 156 Å². The minimum absolute atomic E-state index is 0.0939. The average molecular weight is 362 g/mol. The quantitative estimate of drug-likeness (QED) is 0.634. The van der Waals surface area contributed by atoms with Crippen molar-refractivity contribution in [3.8, 4) is 0 Å². The largest absolute Gasteiger partial charge is 0.755 e. The summed E-state index contributed by atoms with van der Waals surface area (Å²) in [4.78, 5) is 0. The van der Waals surface area contributed by atoms with Crippen LogP contribution in [0.4, 0.5) is 17.1 Å². The Morgan fingerprint density at radius 2 is 1.32 bits per heavy atom. The van der Waals surface area contributed by atoms with E-state index in [1.165, 1.54) is 6.07 Å². The minimum atomic E-state index is -2.79. The van der Waals surface area contributed by atoms with Crippen molar-refractivity contribution in [2.45, 2.75) is 0 Å². The third-order valence-corrected chi connectivity index (χ3v) is 3.74. The average Bonchev–Trinajstić information content (AvgIpc) is 2.41. The van der Waals surface area contributed by atoms with Crippen LogP contribution >= 0.6 is 0 Å². The van der Waals surface area contributed by atoms with Crippen LogP contribution in [0.25, 0.3) is 10.8 Å². The summed E-state index contributed by atoms with van der Waals surface area (Å²) in [5.41, 5.74) is -0.451. The molecule has 3 atom stereocenters. The van der Waals surface area contributed by atoms with Gasteiger partial charge >= 0.3 is 0 Å². The number of rotatable bonds is 6. The molecular formula is C10H8N3O6S3-3. The molecule has 2 aromatic rings. The van der Waals surface area contributed by atoms with Gasteiger partial charge in [0.05, 0.1) is 17.1 Å². The van der Waals surface area contributed by atoms with Crippen LogP contribution in [0.3, 0.4) is 0 Å². The molecule has 0 saturated heterocycles. The highest BCUT2D eigenvalue weighted by Crippen LogP contribution is 2.39. The molecule has 12 heteroatoms. The summed E-state index contributed by atoms with van der Waals surface area (Å²) in [6, 6.07) is 7.83. The maximum Gasteiger partial charge on any atom is 0.0945 e. The van der Waals surface area contributed by atoms with Gasteiger partial charge in [-0.3, -0.25) is 12.6 Å². The predicted molar refractivity (Wildman–Crippen MR) is 81.6 cm³/mol. The van der Waals surface area contributed by atoms with Crippen LogP contribution in [0.1, 0.15) is 0 Å². The maximum absolute atomic E-state index is 10.9. The third-order valence-electron chi connectivity index (χ3n) is 2.61. The molecule has 22 heavy (non-hydrogen) atoms. The SMILES string of the molecule is O=S([O-])Nc1cc2ccccc2c(NS(=O)[O-])c1NS(=O)[O-]. The summed E-state index contributed by atoms with van der Waals surface area (Å²) in [6.45, 7) is 0. The molecule has 2 rings (SSSR count). The van der Waals surface area contributed by atoms with Crippen LogP contribution in [0.5, 0.6) is 0 Å². The van der Waals surface area contributed by atoms with E-state index in [-0.39, 0.29) is 17.1 Å². The first-order valence-electron chi connectivity index (χ1n) is 5.52. The first kappa shape index (κ1) is 16.8. The Balaban J connectivity index is 2.76. The number of anilines is 3. The lowest BCUT2D eigenvalue weighted by molar-refractivity contribution is 0.540. The van der Waals surface area contributed by atoms with E-state index < -0.39 is 33.8 Å². The van der Waals surface area contributed by atoms with E-state index in [4.69, 9.17) is 0 Å². The van der Waals surface area contributed by atoms with E-state index in [9.17, 15) is 26.3 Å². The molecule has 3 N–H and O–H groups in total. The molecule has 0 saturated carbocycles. The van der Waals surface area contributed by atoms with Crippen LogP contribution < -0.4 is 14.2 Å². The van der Waals surface area contributed by atoms with Gasteiger partial charge in [-0.2, -0.15) is 0 Å². The number of hydrogen-bond donors (Lipinski definition) is 3. The van der Waals surface area contributed by atoms with E-state index in [2.05, 4.69) is 4.72 Å². The van der Waals surface area contributed by atoms with Gasteiger partial charge in [0.25, 0.3) is 0 Å². The second-order valence-electron chi connectivity index (χ2n) is 3.91. The first-order chi connectivity index (χ1) is 10.4. The molecule has 9 nitrogen and oxygen atoms in total. The molecule has 120 valence electrons. The van der Waals surface area contributed by atoms with Gasteiger partial charge in [-0.15, -0.1) is 0 Å². The van der Waals surface area contributed by atoms with Crippen molar-refractivity contribution in [2.24, 2.45) is 0 Å². The fourth-order valence-corrected chi connectivity index (χ4v) is 2.99. The molecule has 0 radical (unpaired) electrons. The lowest BCUT2D eigenvalue weighted by Gasteiger charge is -2.22. The van der Waals surface area contributed by atoms with Crippen molar-refractivity contribution >= 4 is 61.6 Å².